The normalized spacial score (nSPS) is 20.0. The molecule has 2 aliphatic heterocycles. The summed E-state index contributed by atoms with van der Waals surface area (Å²) >= 11 is 0. The first-order valence-electron chi connectivity index (χ1n) is 19.2. The number of ketones is 1. The minimum absolute atomic E-state index is 0. The molecule has 1 saturated carbocycles. The summed E-state index contributed by atoms with van der Waals surface area (Å²) in [7, 11) is 0. The number of aromatic nitrogens is 4. The SMILES string of the molecule is Cc1ccc(-c2c3nc(c(-c4ccc(C5=CC6C(C5=O)[C@@H]5C=C[C@H]6C5)cc4)c4ccc([n-]4)c(-c4ccc(C)cc4)c4nc(cc5ccc2[n-]5)C=C4)C=C3)cc1.[Ni+2]. The van der Waals surface area contributed by atoms with E-state index in [1.807, 2.05) is 18.2 Å². The van der Waals surface area contributed by atoms with Gasteiger partial charge < -0.3 is 9.97 Å². The van der Waals surface area contributed by atoms with Crippen molar-refractivity contribution < 1.29 is 21.3 Å². The maximum absolute atomic E-state index is 13.7. The molecule has 0 spiro atoms. The van der Waals surface area contributed by atoms with E-state index in [9.17, 15) is 4.79 Å². The standard InChI is InChI=1S/C50H36N4O.Ni/c1-28-3-7-31(8-4-28)47-40-19-17-36(51-40)26-37-18-20-41(52-37)48(32-9-5-29(2)6-10-32)43-22-24-45(54-43)49(44-23-21-42(47)53-44)33-13-11-30(12-14-33)39-27-38-34-15-16-35(25-34)46(38)50(39)55;/h3-24,26-27,34-35,38,46H,25H2,1-2H3;/q-2;+2/t34-,35+,38?,46?;/m0./s1. The van der Waals surface area contributed by atoms with Crippen molar-refractivity contribution in [3.05, 3.63) is 161 Å². The second kappa shape index (κ2) is 13.3. The fourth-order valence-electron chi connectivity index (χ4n) is 9.32. The van der Waals surface area contributed by atoms with Crippen LogP contribution in [0.5, 0.6) is 0 Å². The Labute approximate surface area is 335 Å². The molecule has 56 heavy (non-hydrogen) atoms. The van der Waals surface area contributed by atoms with Crippen molar-refractivity contribution in [2.75, 3.05) is 0 Å². The molecule has 0 N–H and O–H groups in total. The van der Waals surface area contributed by atoms with Crippen LogP contribution in [0.25, 0.3) is 85.3 Å². The van der Waals surface area contributed by atoms with Crippen molar-refractivity contribution in [2.24, 2.45) is 23.7 Å². The minimum atomic E-state index is 0. The second-order valence-electron chi connectivity index (χ2n) is 15.5. The maximum Gasteiger partial charge on any atom is 2.00 e. The zero-order valence-electron chi connectivity index (χ0n) is 30.9. The molecule has 11 rings (SSSR count). The van der Waals surface area contributed by atoms with Crippen LogP contribution in [0, 0.1) is 37.5 Å². The second-order valence-corrected chi connectivity index (χ2v) is 15.5. The number of carbonyl (C=O) groups excluding carboxylic acids is 1. The summed E-state index contributed by atoms with van der Waals surface area (Å²) in [5.41, 5.74) is 16.9. The third kappa shape index (κ3) is 5.62. The van der Waals surface area contributed by atoms with Gasteiger partial charge in [0.25, 0.3) is 0 Å². The summed E-state index contributed by atoms with van der Waals surface area (Å²) in [5, 5.41) is 0. The largest absolute Gasteiger partial charge is 2.00 e. The summed E-state index contributed by atoms with van der Waals surface area (Å²) in [6, 6.07) is 35.9. The third-order valence-electron chi connectivity index (χ3n) is 12.0. The van der Waals surface area contributed by atoms with Crippen molar-refractivity contribution in [2.45, 2.75) is 20.3 Å². The molecular formula is C50H36N4NiO. The molecule has 6 aromatic rings. The average Bonchev–Trinajstić information content (AvgIpc) is 4.06. The Hall–Kier alpha value is -6.10. The number of aryl methyl sites for hydroxylation is 2. The van der Waals surface area contributed by atoms with Crippen molar-refractivity contribution in [3.63, 3.8) is 0 Å². The van der Waals surface area contributed by atoms with Crippen LogP contribution in [0.4, 0.5) is 0 Å². The summed E-state index contributed by atoms with van der Waals surface area (Å²) in [6.45, 7) is 4.20. The van der Waals surface area contributed by atoms with E-state index in [0.717, 1.165) is 95.8 Å². The first-order chi connectivity index (χ1) is 26.9. The molecule has 3 aromatic carbocycles. The fourth-order valence-corrected chi connectivity index (χ4v) is 9.32. The summed E-state index contributed by atoms with van der Waals surface area (Å²) in [4.78, 5) is 34.7. The molecule has 10 bridgehead atoms. The number of nitrogens with zero attached hydrogens (tertiary/aromatic N) is 4. The average molecular weight is 768 g/mol. The third-order valence-corrected chi connectivity index (χ3v) is 12.0. The number of fused-ring (bicyclic) bond motifs is 13. The van der Waals surface area contributed by atoms with E-state index in [1.165, 1.54) is 11.1 Å². The maximum atomic E-state index is 13.7. The molecule has 5 nitrogen and oxygen atoms in total. The predicted molar refractivity (Wildman–Crippen MR) is 223 cm³/mol. The van der Waals surface area contributed by atoms with Gasteiger partial charge in [0.15, 0.2) is 5.78 Å². The van der Waals surface area contributed by atoms with Gasteiger partial charge in [0, 0.05) is 11.5 Å². The van der Waals surface area contributed by atoms with Crippen LogP contribution in [-0.2, 0) is 21.3 Å². The Morgan fingerprint density at radius 3 is 1.66 bits per heavy atom. The van der Waals surface area contributed by atoms with Crippen molar-refractivity contribution in [1.82, 2.24) is 19.9 Å². The summed E-state index contributed by atoms with van der Waals surface area (Å²) in [6.07, 6.45) is 16.3. The first-order valence-corrected chi connectivity index (χ1v) is 19.2. The van der Waals surface area contributed by atoms with E-state index in [-0.39, 0.29) is 22.4 Å². The zero-order valence-corrected chi connectivity index (χ0v) is 31.9. The van der Waals surface area contributed by atoms with Crippen LogP contribution in [0.15, 0.2) is 121 Å². The molecule has 5 aliphatic rings. The van der Waals surface area contributed by atoms with Crippen molar-refractivity contribution in [1.29, 1.82) is 0 Å². The van der Waals surface area contributed by atoms with Gasteiger partial charge in [0.1, 0.15) is 0 Å². The van der Waals surface area contributed by atoms with Crippen LogP contribution in [-0.4, -0.2) is 15.8 Å². The van der Waals surface area contributed by atoms with Crippen LogP contribution < -0.4 is 9.97 Å². The van der Waals surface area contributed by atoms with Gasteiger partial charge in [-0.2, -0.15) is 0 Å². The smallest absolute Gasteiger partial charge is 0.657 e. The molecule has 1 fully saturated rings. The fraction of sp³-hybridized carbons (Fsp3) is 0.140. The topological polar surface area (TPSA) is 71.1 Å². The van der Waals surface area contributed by atoms with Crippen LogP contribution >= 0.6 is 0 Å². The molecule has 0 amide bonds. The van der Waals surface area contributed by atoms with E-state index >= 15 is 0 Å². The van der Waals surface area contributed by atoms with Gasteiger partial charge in [-0.15, -0.1) is 22.1 Å². The molecule has 3 aliphatic carbocycles. The minimum Gasteiger partial charge on any atom is -0.657 e. The van der Waals surface area contributed by atoms with Crippen LogP contribution in [0.1, 0.15) is 45.9 Å². The van der Waals surface area contributed by atoms with Crippen LogP contribution in [0.2, 0.25) is 0 Å². The van der Waals surface area contributed by atoms with Gasteiger partial charge in [-0.3, -0.25) is 4.79 Å². The number of carbonyl (C=O) groups is 1. The van der Waals surface area contributed by atoms with Gasteiger partial charge in [-0.05, 0) is 101 Å². The summed E-state index contributed by atoms with van der Waals surface area (Å²) < 4.78 is 0. The molecular weight excluding hydrogens is 731 g/mol. The van der Waals surface area contributed by atoms with E-state index in [0.29, 0.717) is 23.5 Å². The van der Waals surface area contributed by atoms with Crippen LogP contribution in [0.3, 0.4) is 0 Å². The quantitative estimate of drug-likeness (QED) is 0.132. The summed E-state index contributed by atoms with van der Waals surface area (Å²) in [5.74, 6) is 1.59. The molecule has 6 heteroatoms. The number of Topliss-reactive ketones (excluding diaryl/α,β-unsaturated/α-hetero) is 1. The Morgan fingerprint density at radius 1 is 0.554 bits per heavy atom. The Morgan fingerprint density at radius 2 is 1.05 bits per heavy atom. The number of rotatable bonds is 4. The number of hydrogen-bond donors (Lipinski definition) is 0. The van der Waals surface area contributed by atoms with Gasteiger partial charge in [0.2, 0.25) is 0 Å². The number of allylic oxidation sites excluding steroid dienone is 4. The Bertz CT molecular complexity index is 2840. The van der Waals surface area contributed by atoms with Gasteiger partial charge in [0.05, 0.1) is 22.8 Å². The van der Waals surface area contributed by atoms with E-state index in [2.05, 4.69) is 141 Å². The van der Waals surface area contributed by atoms with Gasteiger partial charge >= 0.3 is 16.5 Å². The predicted octanol–water partition coefficient (Wildman–Crippen LogP) is 10.9. The van der Waals surface area contributed by atoms with E-state index in [4.69, 9.17) is 19.9 Å². The molecule has 272 valence electrons. The zero-order chi connectivity index (χ0) is 36.8. The van der Waals surface area contributed by atoms with Gasteiger partial charge in [-0.1, -0.05) is 132 Å². The molecule has 3 aromatic heterocycles. The van der Waals surface area contributed by atoms with Crippen molar-refractivity contribution in [3.8, 4) is 33.4 Å². The Kier molecular flexibility index (Phi) is 8.16. The van der Waals surface area contributed by atoms with E-state index < -0.39 is 0 Å². The molecule has 5 heterocycles. The number of hydrogen-bond acceptors (Lipinski definition) is 3. The molecule has 0 saturated heterocycles. The van der Waals surface area contributed by atoms with Crippen molar-refractivity contribution >= 4 is 57.7 Å². The first kappa shape index (κ1) is 34.4. The molecule has 2 unspecified atom stereocenters. The molecule has 0 radical (unpaired) electrons. The monoisotopic (exact) mass is 766 g/mol. The Balaban J connectivity index is 0.00000384. The van der Waals surface area contributed by atoms with Gasteiger partial charge in [-0.25, -0.2) is 9.97 Å². The molecule has 4 atom stereocenters. The number of benzene rings is 3. The van der Waals surface area contributed by atoms with E-state index in [1.54, 1.807) is 0 Å².